The third kappa shape index (κ3) is 26.0. The van der Waals surface area contributed by atoms with E-state index in [4.69, 9.17) is 27.2 Å². The molecule has 0 radical (unpaired) electrons. The number of nitriles is 1. The topological polar surface area (TPSA) is 228 Å². The minimum absolute atomic E-state index is 0.0625. The van der Waals surface area contributed by atoms with E-state index in [1.807, 2.05) is 36.4 Å². The predicted octanol–water partition coefficient (Wildman–Crippen LogP) is 15.9. The van der Waals surface area contributed by atoms with E-state index in [2.05, 4.69) is 40.3 Å². The molecule has 0 saturated carbocycles. The van der Waals surface area contributed by atoms with Gasteiger partial charge in [0.05, 0.1) is 6.61 Å². The lowest BCUT2D eigenvalue weighted by Crippen LogP contribution is -2.55. The number of carbonyl (C=O) groups is 8. The second-order valence-corrected chi connectivity index (χ2v) is 22.2. The van der Waals surface area contributed by atoms with Crippen molar-refractivity contribution in [3.63, 3.8) is 0 Å². The smallest absolute Gasteiger partial charge is 0.347 e. The van der Waals surface area contributed by atoms with Crippen LogP contribution in [0.1, 0.15) is 110 Å². The summed E-state index contributed by atoms with van der Waals surface area (Å²) in [5, 5.41) is 20.9. The average Bonchev–Trinajstić information content (AvgIpc) is 0.839. The highest BCUT2D eigenvalue weighted by molar-refractivity contribution is 9.08. The minimum Gasteiger partial charge on any atom is -0.480 e. The first-order valence-electron chi connectivity index (χ1n) is 29.9. The van der Waals surface area contributed by atoms with Crippen LogP contribution < -0.4 is 11.1 Å². The molecule has 99 heavy (non-hydrogen) atoms. The Morgan fingerprint density at radius 3 is 0.980 bits per heavy atom. The van der Waals surface area contributed by atoms with E-state index in [9.17, 15) is 70.0 Å². The van der Waals surface area contributed by atoms with Gasteiger partial charge in [0.15, 0.2) is 23.1 Å². The van der Waals surface area contributed by atoms with Crippen molar-refractivity contribution in [2.24, 2.45) is 5.73 Å². The van der Waals surface area contributed by atoms with Crippen LogP contribution in [0, 0.1) is 53.2 Å². The number of carbonyl (C=O) groups excluding carboxylic acids is 7. The number of alkyl halides is 1. The van der Waals surface area contributed by atoms with Gasteiger partial charge in [-0.15, -0.1) is 0 Å². The maximum absolute atomic E-state index is 13.0. The zero-order valence-electron chi connectivity index (χ0n) is 53.2. The van der Waals surface area contributed by atoms with Crippen LogP contribution in [0.25, 0.3) is 0 Å². The number of amides is 1. The number of aliphatic carboxylic acids is 1. The average molecular weight is 1430 g/mol. The Hall–Kier alpha value is -11.2. The number of hydrogen-bond acceptors (Lipinski definition) is 11. The number of rotatable bonds is 18. The number of halogens is 8. The Labute approximate surface area is 580 Å². The van der Waals surface area contributed by atoms with Gasteiger partial charge in [-0.05, 0) is 194 Å². The quantitative estimate of drug-likeness (QED) is 0.0240. The van der Waals surface area contributed by atoms with Gasteiger partial charge in [-0.25, -0.2) is 31.1 Å². The lowest BCUT2D eigenvalue weighted by atomic mass is 9.91. The Kier molecular flexibility index (Phi) is 31.5. The molecule has 0 saturated heterocycles. The molecule has 1 amide bonds. The van der Waals surface area contributed by atoms with Crippen LogP contribution in [0.3, 0.4) is 0 Å². The third-order valence-corrected chi connectivity index (χ3v) is 14.7. The highest BCUT2D eigenvalue weighted by Crippen LogP contribution is 2.21. The summed E-state index contributed by atoms with van der Waals surface area (Å²) in [6.45, 7) is 4.95. The Morgan fingerprint density at radius 2 is 0.747 bits per heavy atom. The fourth-order valence-corrected chi connectivity index (χ4v) is 9.08. The number of nitrogens with one attached hydrogen (secondary N) is 1. The number of aryl methyl sites for hydroxylation is 1. The van der Waals surface area contributed by atoms with Crippen LogP contribution in [-0.2, 0) is 37.3 Å². The molecule has 10 aromatic rings. The van der Waals surface area contributed by atoms with Gasteiger partial charge in [0.2, 0.25) is 11.4 Å². The van der Waals surface area contributed by atoms with Crippen molar-refractivity contribution >= 4 is 73.8 Å². The number of nitrogens with zero attached hydrogens (tertiary/aromatic N) is 1. The number of nitrogens with two attached hydrogens (primary N) is 1. The first-order valence-corrected chi connectivity index (χ1v) is 31.4. The van der Waals surface area contributed by atoms with Crippen LogP contribution >= 0.6 is 27.5 Å². The van der Waals surface area contributed by atoms with Crippen molar-refractivity contribution in [2.45, 2.75) is 50.5 Å². The standard InChI is InChI=1S/C21H19FN2O4.C16H14FNO3.C14H10BrFO.C13H8F2O.C7H4ClFO.C7H8/c1-3-28-20(27)21(13-23,24-14(2)25)12-15-4-6-16(7-5-15)19(26)17-8-10-18(22)11-9-17;17-13-7-5-12(6-8-13)15(19)11-3-1-10(2-4-11)9-14(18)16(20)21;15-9-10-1-3-11(4-2-10)14(17)12-5-7-13(16)8-6-12;14-11-5-1-9(2-6-11)13(16)10-3-7-12(15)8-4-10;8-7(10)5-1-3-6(9)4-2-5;1-7-5-3-2-4-6-7/h4-11H,3,12H2,1-2H3,(H,24,25);1-8,14H,9,18H2,(H,20,21);1-8H,9H2;1-8H;1-4H;2-6H,1H3. The monoisotopic (exact) mass is 1430 g/mol. The summed E-state index contributed by atoms with van der Waals surface area (Å²) in [4.78, 5) is 93.3. The molecule has 2 unspecified atom stereocenters. The maximum Gasteiger partial charge on any atom is 0.347 e. The van der Waals surface area contributed by atoms with E-state index >= 15 is 0 Å². The second-order valence-electron chi connectivity index (χ2n) is 21.3. The summed E-state index contributed by atoms with van der Waals surface area (Å²) in [5.74, 6) is -5.63. The van der Waals surface area contributed by atoms with Crippen molar-refractivity contribution in [1.82, 2.24) is 5.32 Å². The Morgan fingerprint density at radius 1 is 0.475 bits per heavy atom. The SMILES string of the molecule is CCOC(=O)C(C#N)(Cc1ccc(C(=O)c2ccc(F)cc2)cc1)NC(C)=O.Cc1ccccc1.NC(Cc1ccc(C(=O)c2ccc(F)cc2)cc1)C(=O)O.O=C(Cl)c1ccc(F)cc1.O=C(c1ccc(F)cc1)c1ccc(CBr)cc1.O=C(c1ccc(F)cc1)c1ccc(F)cc1. The van der Waals surface area contributed by atoms with E-state index in [0.717, 1.165) is 16.5 Å². The van der Waals surface area contributed by atoms with Crippen molar-refractivity contribution in [3.05, 3.63) is 356 Å². The molecular weight excluding hydrogens is 1370 g/mol. The second kappa shape index (κ2) is 39.7. The zero-order chi connectivity index (χ0) is 72.6. The number of carboxylic acids is 1. The molecular formula is C78H63BrClF6N3O10. The van der Waals surface area contributed by atoms with Crippen molar-refractivity contribution in [3.8, 4) is 6.07 Å². The molecule has 13 nitrogen and oxygen atoms in total. The van der Waals surface area contributed by atoms with Gasteiger partial charge in [-0.1, -0.05) is 125 Å². The van der Waals surface area contributed by atoms with Crippen LogP contribution in [0.4, 0.5) is 26.3 Å². The molecule has 0 heterocycles. The van der Waals surface area contributed by atoms with E-state index < -0.39 is 57.9 Å². The third-order valence-electron chi connectivity index (χ3n) is 13.8. The number of esters is 1. The molecule has 4 N–H and O–H groups in total. The molecule has 0 spiro atoms. The molecule has 0 aliphatic carbocycles. The van der Waals surface area contributed by atoms with Gasteiger partial charge in [-0.2, -0.15) is 5.26 Å². The number of hydrogen-bond donors (Lipinski definition) is 3. The number of benzene rings is 10. The summed E-state index contributed by atoms with van der Waals surface area (Å²) < 4.78 is 81.0. The summed E-state index contributed by atoms with van der Waals surface area (Å²) in [6.07, 6.45) is 0.0767. The molecule has 10 aromatic carbocycles. The van der Waals surface area contributed by atoms with Gasteiger partial charge in [0, 0.05) is 68.7 Å². The van der Waals surface area contributed by atoms with Crippen molar-refractivity contribution in [2.75, 3.05) is 6.61 Å². The number of ketones is 4. The molecule has 506 valence electrons. The fraction of sp³-hybridized carbons (Fsp3) is 0.115. The molecule has 21 heteroatoms. The van der Waals surface area contributed by atoms with Crippen LogP contribution in [0.2, 0.25) is 0 Å². The van der Waals surface area contributed by atoms with Crippen LogP contribution in [0.15, 0.2) is 249 Å². The van der Waals surface area contributed by atoms with Gasteiger partial charge in [0.1, 0.15) is 47.0 Å². The lowest BCUT2D eigenvalue weighted by molar-refractivity contribution is -0.150. The number of ether oxygens (including phenoxy) is 1. The maximum atomic E-state index is 13.0. The van der Waals surface area contributed by atoms with E-state index in [0.29, 0.717) is 55.6 Å². The molecule has 0 aliphatic heterocycles. The highest BCUT2D eigenvalue weighted by Gasteiger charge is 2.41. The van der Waals surface area contributed by atoms with E-state index in [-0.39, 0.29) is 54.2 Å². The van der Waals surface area contributed by atoms with Crippen LogP contribution in [-0.4, -0.2) is 69.5 Å². The molecule has 10 rings (SSSR count). The lowest BCUT2D eigenvalue weighted by Gasteiger charge is -2.25. The Balaban J connectivity index is 0.000000224. The van der Waals surface area contributed by atoms with Crippen molar-refractivity contribution in [1.29, 1.82) is 5.26 Å². The van der Waals surface area contributed by atoms with Crippen molar-refractivity contribution < 1.29 is 74.5 Å². The molecule has 0 aliphatic rings. The molecule has 0 bridgehead atoms. The summed E-state index contributed by atoms with van der Waals surface area (Å²) in [5.41, 5.74) is 11.1. The number of carboxylic acid groups (broad SMARTS) is 1. The van der Waals surface area contributed by atoms with E-state index in [1.165, 1.54) is 158 Å². The normalized spacial score (nSPS) is 11.0. The first kappa shape index (κ1) is 78.5. The van der Waals surface area contributed by atoms with E-state index in [1.54, 1.807) is 67.6 Å². The summed E-state index contributed by atoms with van der Waals surface area (Å²) in [7, 11) is 0. The summed E-state index contributed by atoms with van der Waals surface area (Å²) in [6, 6.07) is 62.9. The zero-order valence-corrected chi connectivity index (χ0v) is 55.6. The van der Waals surface area contributed by atoms with Gasteiger partial charge >= 0.3 is 11.9 Å². The first-order chi connectivity index (χ1) is 47.2. The largest absolute Gasteiger partial charge is 0.480 e. The predicted molar refractivity (Wildman–Crippen MR) is 367 cm³/mol. The molecule has 0 aromatic heterocycles. The van der Waals surface area contributed by atoms with Gasteiger partial charge < -0.3 is 20.9 Å². The van der Waals surface area contributed by atoms with Crippen LogP contribution in [0.5, 0.6) is 0 Å². The molecule has 2 atom stereocenters. The van der Waals surface area contributed by atoms with Gasteiger partial charge in [-0.3, -0.25) is 33.6 Å². The fourth-order valence-electron chi connectivity index (χ4n) is 8.58. The molecule has 0 fully saturated rings. The highest BCUT2D eigenvalue weighted by atomic mass is 79.9. The Bertz CT molecular complexity index is 4310. The van der Waals surface area contributed by atoms with Gasteiger partial charge in [0.25, 0.3) is 5.24 Å². The minimum atomic E-state index is -1.86. The summed E-state index contributed by atoms with van der Waals surface area (Å²) >= 11 is 8.44.